The van der Waals surface area contributed by atoms with E-state index in [1.165, 1.54) is 12.1 Å². The number of nitro benzene ring substituents is 1. The fourth-order valence-electron chi connectivity index (χ4n) is 1.07. The monoisotopic (exact) mass is 255 g/mol. The highest BCUT2D eigenvalue weighted by Gasteiger charge is 2.16. The van der Waals surface area contributed by atoms with Crippen LogP contribution in [0.2, 0.25) is 0 Å². The largest absolute Gasteiger partial charge is 0.549 e. The SMILES string of the molecule is NC(=O)c1ccc(SCC(=O)[O-])c([N+](=O)[O-])c1. The highest BCUT2D eigenvalue weighted by molar-refractivity contribution is 8.00. The van der Waals surface area contributed by atoms with Crippen LogP contribution in [0.15, 0.2) is 23.1 Å². The highest BCUT2D eigenvalue weighted by atomic mass is 32.2. The van der Waals surface area contributed by atoms with Gasteiger partial charge in [0.05, 0.1) is 15.8 Å². The number of amides is 1. The molecule has 0 aliphatic carbocycles. The summed E-state index contributed by atoms with van der Waals surface area (Å²) in [6.07, 6.45) is 0. The fourth-order valence-corrected chi connectivity index (χ4v) is 1.79. The number of rotatable bonds is 5. The van der Waals surface area contributed by atoms with Gasteiger partial charge in [-0.05, 0) is 12.1 Å². The first-order valence-electron chi connectivity index (χ1n) is 4.32. The number of benzene rings is 1. The maximum absolute atomic E-state index is 10.8. The predicted octanol–water partition coefficient (Wildman–Crippen LogP) is -0.464. The lowest BCUT2D eigenvalue weighted by atomic mass is 10.2. The molecule has 1 aromatic carbocycles. The van der Waals surface area contributed by atoms with E-state index in [2.05, 4.69) is 0 Å². The van der Waals surface area contributed by atoms with E-state index in [1.807, 2.05) is 0 Å². The van der Waals surface area contributed by atoms with Crippen LogP contribution in [0.25, 0.3) is 0 Å². The Labute approximate surface area is 99.8 Å². The minimum atomic E-state index is -1.33. The molecular weight excluding hydrogens is 248 g/mol. The molecule has 0 unspecified atom stereocenters. The number of carbonyl (C=O) groups is 2. The Morgan fingerprint density at radius 3 is 2.53 bits per heavy atom. The second kappa shape index (κ2) is 5.30. The van der Waals surface area contributed by atoms with Crippen LogP contribution in [-0.4, -0.2) is 22.6 Å². The summed E-state index contributed by atoms with van der Waals surface area (Å²) in [6, 6.07) is 3.60. The molecule has 0 fully saturated rings. The van der Waals surface area contributed by atoms with E-state index in [4.69, 9.17) is 5.73 Å². The third-order valence-corrected chi connectivity index (χ3v) is 2.82. The van der Waals surface area contributed by atoms with E-state index in [0.717, 1.165) is 17.8 Å². The molecule has 0 heterocycles. The van der Waals surface area contributed by atoms with Crippen LogP contribution < -0.4 is 10.8 Å². The van der Waals surface area contributed by atoms with Crippen molar-refractivity contribution in [1.29, 1.82) is 0 Å². The van der Waals surface area contributed by atoms with E-state index in [1.54, 1.807) is 0 Å². The van der Waals surface area contributed by atoms with Crippen molar-refractivity contribution in [2.24, 2.45) is 5.73 Å². The number of thioether (sulfide) groups is 1. The first kappa shape index (κ1) is 13.0. The van der Waals surface area contributed by atoms with Crippen LogP contribution in [0.4, 0.5) is 5.69 Å². The summed E-state index contributed by atoms with van der Waals surface area (Å²) in [5.74, 6) is -2.52. The molecule has 0 aliphatic heterocycles. The zero-order valence-electron chi connectivity index (χ0n) is 8.41. The standard InChI is InChI=1S/C9H8N2O5S/c10-9(14)5-1-2-7(17-4-8(12)13)6(3-5)11(15)16/h1-3H,4H2,(H2,10,14)(H,12,13)/p-1. The zero-order valence-corrected chi connectivity index (χ0v) is 9.23. The van der Waals surface area contributed by atoms with Crippen molar-refractivity contribution >= 4 is 29.3 Å². The van der Waals surface area contributed by atoms with Crippen LogP contribution >= 0.6 is 11.8 Å². The molecule has 17 heavy (non-hydrogen) atoms. The zero-order chi connectivity index (χ0) is 13.0. The number of carboxylic acid groups (broad SMARTS) is 1. The topological polar surface area (TPSA) is 126 Å². The van der Waals surface area contributed by atoms with Crippen molar-refractivity contribution in [3.8, 4) is 0 Å². The van der Waals surface area contributed by atoms with Gasteiger partial charge in [-0.15, -0.1) is 11.8 Å². The minimum Gasteiger partial charge on any atom is -0.549 e. The molecular formula is C9H7N2O5S-. The summed E-state index contributed by atoms with van der Waals surface area (Å²) in [6.45, 7) is 0. The lowest BCUT2D eigenvalue weighted by molar-refractivity contribution is -0.387. The Morgan fingerprint density at radius 1 is 1.41 bits per heavy atom. The number of nitro groups is 1. The van der Waals surface area contributed by atoms with E-state index >= 15 is 0 Å². The summed E-state index contributed by atoms with van der Waals surface area (Å²) in [5, 5.41) is 21.0. The third kappa shape index (κ3) is 3.45. The molecule has 0 aliphatic rings. The van der Waals surface area contributed by atoms with Crippen molar-refractivity contribution in [3.05, 3.63) is 33.9 Å². The summed E-state index contributed by atoms with van der Waals surface area (Å²) < 4.78 is 0. The van der Waals surface area contributed by atoms with Gasteiger partial charge in [-0.25, -0.2) is 0 Å². The van der Waals surface area contributed by atoms with Gasteiger partial charge >= 0.3 is 0 Å². The Kier molecular flexibility index (Phi) is 4.05. The molecule has 1 amide bonds. The van der Waals surface area contributed by atoms with Crippen LogP contribution in [0.3, 0.4) is 0 Å². The van der Waals surface area contributed by atoms with Crippen molar-refractivity contribution in [2.45, 2.75) is 4.90 Å². The average Bonchev–Trinajstić information content (AvgIpc) is 2.25. The lowest BCUT2D eigenvalue weighted by Gasteiger charge is -2.04. The van der Waals surface area contributed by atoms with Gasteiger partial charge < -0.3 is 15.6 Å². The van der Waals surface area contributed by atoms with Crippen molar-refractivity contribution in [3.63, 3.8) is 0 Å². The fraction of sp³-hybridized carbons (Fsp3) is 0.111. The molecule has 2 N–H and O–H groups in total. The number of nitrogens with zero attached hydrogens (tertiary/aromatic N) is 1. The predicted molar refractivity (Wildman–Crippen MR) is 57.3 cm³/mol. The summed E-state index contributed by atoms with van der Waals surface area (Å²) in [4.78, 5) is 31.3. The Hall–Kier alpha value is -2.09. The summed E-state index contributed by atoms with van der Waals surface area (Å²) >= 11 is 0.748. The second-order valence-corrected chi connectivity index (χ2v) is 3.98. The van der Waals surface area contributed by atoms with Gasteiger partial charge in [-0.1, -0.05) is 0 Å². The molecule has 0 aromatic heterocycles. The van der Waals surface area contributed by atoms with Gasteiger partial charge in [0.2, 0.25) is 5.91 Å². The van der Waals surface area contributed by atoms with Crippen molar-refractivity contribution < 1.29 is 19.6 Å². The molecule has 1 aromatic rings. The number of primary amides is 1. The van der Waals surface area contributed by atoms with Gasteiger partial charge in [0.15, 0.2) is 0 Å². The molecule has 0 atom stereocenters. The Morgan fingerprint density at radius 2 is 2.06 bits per heavy atom. The van der Waals surface area contributed by atoms with Crippen LogP contribution in [0, 0.1) is 10.1 Å². The van der Waals surface area contributed by atoms with Crippen LogP contribution in [0.5, 0.6) is 0 Å². The first-order valence-corrected chi connectivity index (χ1v) is 5.31. The van der Waals surface area contributed by atoms with E-state index < -0.39 is 22.6 Å². The number of hydrogen-bond donors (Lipinski definition) is 1. The van der Waals surface area contributed by atoms with Gasteiger partial charge in [0.1, 0.15) is 0 Å². The number of carbonyl (C=O) groups excluding carboxylic acids is 2. The van der Waals surface area contributed by atoms with Gasteiger partial charge in [-0.2, -0.15) is 0 Å². The highest BCUT2D eigenvalue weighted by Crippen LogP contribution is 2.29. The van der Waals surface area contributed by atoms with Crippen LogP contribution in [-0.2, 0) is 4.79 Å². The van der Waals surface area contributed by atoms with Gasteiger partial charge in [0.25, 0.3) is 5.69 Å². The number of carboxylic acids is 1. The maximum atomic E-state index is 10.8. The summed E-state index contributed by atoms with van der Waals surface area (Å²) in [5.41, 5.74) is 4.62. The van der Waals surface area contributed by atoms with Crippen molar-refractivity contribution in [1.82, 2.24) is 0 Å². The maximum Gasteiger partial charge on any atom is 0.283 e. The van der Waals surface area contributed by atoms with Gasteiger partial charge in [-0.3, -0.25) is 14.9 Å². The first-order chi connectivity index (χ1) is 7.91. The number of hydrogen-bond acceptors (Lipinski definition) is 6. The number of nitrogens with two attached hydrogens (primary N) is 1. The lowest BCUT2D eigenvalue weighted by Crippen LogP contribution is -2.24. The normalized spacial score (nSPS) is 9.88. The van der Waals surface area contributed by atoms with E-state index in [9.17, 15) is 24.8 Å². The molecule has 0 spiro atoms. The van der Waals surface area contributed by atoms with Crippen LogP contribution in [0.1, 0.15) is 10.4 Å². The third-order valence-electron chi connectivity index (χ3n) is 1.79. The minimum absolute atomic E-state index is 0.00509. The van der Waals surface area contributed by atoms with Crippen molar-refractivity contribution in [2.75, 3.05) is 5.75 Å². The van der Waals surface area contributed by atoms with Gasteiger partial charge in [0, 0.05) is 17.4 Å². The van der Waals surface area contributed by atoms with E-state index in [-0.39, 0.29) is 16.1 Å². The second-order valence-electron chi connectivity index (χ2n) is 2.96. The smallest absolute Gasteiger partial charge is 0.283 e. The number of aliphatic carboxylic acids is 1. The molecule has 0 bridgehead atoms. The molecule has 0 saturated carbocycles. The molecule has 90 valence electrons. The Balaban J connectivity index is 3.08. The summed E-state index contributed by atoms with van der Waals surface area (Å²) in [7, 11) is 0. The molecule has 8 heteroatoms. The molecule has 1 rings (SSSR count). The molecule has 7 nitrogen and oxygen atoms in total. The Bertz CT molecular complexity index is 488. The molecule has 0 saturated heterocycles. The quantitative estimate of drug-likeness (QED) is 0.430. The van der Waals surface area contributed by atoms with E-state index in [0.29, 0.717) is 0 Å². The molecule has 0 radical (unpaired) electrons. The average molecular weight is 255 g/mol.